The molecular weight excluding hydrogens is 424 g/mol. The summed E-state index contributed by atoms with van der Waals surface area (Å²) >= 11 is 0. The summed E-state index contributed by atoms with van der Waals surface area (Å²) in [6, 6.07) is 22.7. The molecule has 0 fully saturated rings. The minimum atomic E-state index is -0.369. The topological polar surface area (TPSA) is 58.6 Å². The summed E-state index contributed by atoms with van der Waals surface area (Å²) in [5, 5.41) is 3.23. The number of nitrogens with one attached hydrogen (secondary N) is 1. The number of benzene rings is 3. The van der Waals surface area contributed by atoms with E-state index in [9.17, 15) is 9.59 Å². The van der Waals surface area contributed by atoms with E-state index >= 15 is 0 Å². The minimum Gasteiger partial charge on any atom is -0.491 e. The van der Waals surface area contributed by atoms with E-state index in [2.05, 4.69) is 19.2 Å². The highest BCUT2D eigenvalue weighted by molar-refractivity contribution is 6.46. The van der Waals surface area contributed by atoms with E-state index in [4.69, 9.17) is 4.74 Å². The van der Waals surface area contributed by atoms with Crippen LogP contribution in [0.1, 0.15) is 44.4 Å². The van der Waals surface area contributed by atoms with E-state index < -0.39 is 0 Å². The molecule has 2 amide bonds. The minimum absolute atomic E-state index is 0.0460. The first-order valence-corrected chi connectivity index (χ1v) is 11.8. The normalized spacial score (nSPS) is 13.7. The number of amides is 2. The molecule has 174 valence electrons. The lowest BCUT2D eigenvalue weighted by Crippen LogP contribution is -2.32. The molecule has 1 aliphatic rings. The van der Waals surface area contributed by atoms with Crippen molar-refractivity contribution in [3.05, 3.63) is 95.2 Å². The molecule has 5 heteroatoms. The van der Waals surface area contributed by atoms with Gasteiger partial charge in [-0.25, -0.2) is 4.90 Å². The van der Waals surface area contributed by atoms with Crippen molar-refractivity contribution in [2.75, 3.05) is 10.2 Å². The number of hydrogen-bond acceptors (Lipinski definition) is 4. The van der Waals surface area contributed by atoms with Gasteiger partial charge in [-0.05, 0) is 79.8 Å². The van der Waals surface area contributed by atoms with Crippen LogP contribution in [-0.4, -0.2) is 17.9 Å². The number of ether oxygens (including phenoxy) is 1. The van der Waals surface area contributed by atoms with Gasteiger partial charge in [-0.2, -0.15) is 0 Å². The van der Waals surface area contributed by atoms with Crippen molar-refractivity contribution < 1.29 is 14.3 Å². The van der Waals surface area contributed by atoms with E-state index in [0.29, 0.717) is 22.6 Å². The lowest BCUT2D eigenvalue weighted by Gasteiger charge is -2.16. The number of carbonyl (C=O) groups excluding carboxylic acids is 2. The second-order valence-electron chi connectivity index (χ2n) is 8.58. The second kappa shape index (κ2) is 9.96. The number of imide groups is 1. The molecule has 0 saturated carbocycles. The summed E-state index contributed by atoms with van der Waals surface area (Å²) in [5.74, 6) is -0.00132. The molecule has 3 aromatic rings. The molecule has 0 radical (unpaired) electrons. The number of nitrogens with zero attached hydrogens (tertiary/aromatic N) is 1. The molecule has 1 N–H and O–H groups in total. The first kappa shape index (κ1) is 23.3. The van der Waals surface area contributed by atoms with Crippen molar-refractivity contribution in [2.24, 2.45) is 0 Å². The van der Waals surface area contributed by atoms with Crippen molar-refractivity contribution in [1.29, 1.82) is 0 Å². The fourth-order valence-corrected chi connectivity index (χ4v) is 3.97. The number of anilines is 2. The smallest absolute Gasteiger partial charge is 0.282 e. The maximum Gasteiger partial charge on any atom is 0.282 e. The van der Waals surface area contributed by atoms with Crippen LogP contribution in [0.15, 0.2) is 78.5 Å². The van der Waals surface area contributed by atoms with Gasteiger partial charge in [0.15, 0.2) is 0 Å². The molecule has 4 rings (SSSR count). The van der Waals surface area contributed by atoms with Gasteiger partial charge in [-0.3, -0.25) is 9.59 Å². The Morgan fingerprint density at radius 1 is 0.765 bits per heavy atom. The van der Waals surface area contributed by atoms with Crippen LogP contribution in [0.2, 0.25) is 0 Å². The Labute approximate surface area is 201 Å². The Bertz CT molecular complexity index is 1210. The second-order valence-corrected chi connectivity index (χ2v) is 8.58. The van der Waals surface area contributed by atoms with Crippen LogP contribution in [0.5, 0.6) is 5.75 Å². The Balaban J connectivity index is 1.74. The molecule has 0 bridgehead atoms. The summed E-state index contributed by atoms with van der Waals surface area (Å²) in [7, 11) is 0. The van der Waals surface area contributed by atoms with Crippen LogP contribution >= 0.6 is 0 Å². The number of carbonyl (C=O) groups is 2. The lowest BCUT2D eigenvalue weighted by atomic mass is 10.0. The van der Waals surface area contributed by atoms with Gasteiger partial charge in [0.05, 0.1) is 17.4 Å². The SMILES string of the molecule is CCc1ccc(NC2=C(c3ccc(OC(C)C)cc3)C(=O)N(c3ccc(CC)cc3)C2=O)cc1. The molecule has 34 heavy (non-hydrogen) atoms. The fraction of sp³-hybridized carbons (Fsp3) is 0.241. The predicted octanol–water partition coefficient (Wildman–Crippen LogP) is 6.00. The molecule has 0 aliphatic carbocycles. The van der Waals surface area contributed by atoms with E-state index in [1.165, 1.54) is 10.5 Å². The lowest BCUT2D eigenvalue weighted by molar-refractivity contribution is -0.120. The summed E-state index contributed by atoms with van der Waals surface area (Å²) in [4.78, 5) is 28.4. The molecule has 0 saturated heterocycles. The largest absolute Gasteiger partial charge is 0.491 e. The van der Waals surface area contributed by atoms with Crippen LogP contribution in [0.4, 0.5) is 11.4 Å². The van der Waals surface area contributed by atoms with Gasteiger partial charge in [0, 0.05) is 5.69 Å². The molecular formula is C29H30N2O3. The van der Waals surface area contributed by atoms with E-state index in [1.807, 2.05) is 86.6 Å². The number of rotatable bonds is 8. The van der Waals surface area contributed by atoms with Gasteiger partial charge in [0.1, 0.15) is 11.4 Å². The van der Waals surface area contributed by atoms with Crippen LogP contribution in [0.3, 0.4) is 0 Å². The quantitative estimate of drug-likeness (QED) is 0.425. The zero-order valence-corrected chi connectivity index (χ0v) is 20.1. The highest BCUT2D eigenvalue weighted by atomic mass is 16.5. The third kappa shape index (κ3) is 4.74. The monoisotopic (exact) mass is 454 g/mol. The van der Waals surface area contributed by atoms with Gasteiger partial charge < -0.3 is 10.1 Å². The number of hydrogen-bond donors (Lipinski definition) is 1. The van der Waals surface area contributed by atoms with Crippen molar-refractivity contribution in [1.82, 2.24) is 0 Å². The average molecular weight is 455 g/mol. The summed E-state index contributed by atoms with van der Waals surface area (Å²) in [5.41, 5.74) is 4.94. The molecule has 0 atom stereocenters. The summed E-state index contributed by atoms with van der Waals surface area (Å²) in [6.45, 7) is 8.09. The van der Waals surface area contributed by atoms with E-state index in [-0.39, 0.29) is 23.6 Å². The van der Waals surface area contributed by atoms with E-state index in [0.717, 1.165) is 24.1 Å². The summed E-state index contributed by atoms with van der Waals surface area (Å²) in [6.07, 6.45) is 1.86. The highest BCUT2D eigenvalue weighted by Crippen LogP contribution is 2.34. The highest BCUT2D eigenvalue weighted by Gasteiger charge is 2.40. The summed E-state index contributed by atoms with van der Waals surface area (Å²) < 4.78 is 5.74. The standard InChI is InChI=1S/C29H30N2O3/c1-5-20-7-13-23(14-8-20)30-27-26(22-11-17-25(18-12-22)34-19(3)4)28(32)31(29(27)33)24-15-9-21(6-2)10-16-24/h7-19,30H,5-6H2,1-4H3. The van der Waals surface area contributed by atoms with Crippen LogP contribution in [-0.2, 0) is 22.4 Å². The zero-order valence-electron chi connectivity index (χ0n) is 20.1. The fourth-order valence-electron chi connectivity index (χ4n) is 3.97. The molecule has 1 aliphatic heterocycles. The molecule has 0 spiro atoms. The van der Waals surface area contributed by atoms with Crippen molar-refractivity contribution >= 4 is 28.8 Å². The van der Waals surface area contributed by atoms with Crippen LogP contribution < -0.4 is 15.0 Å². The van der Waals surface area contributed by atoms with Gasteiger partial charge >= 0.3 is 0 Å². The first-order valence-electron chi connectivity index (χ1n) is 11.8. The van der Waals surface area contributed by atoms with Crippen molar-refractivity contribution in [3.63, 3.8) is 0 Å². The molecule has 1 heterocycles. The Kier molecular flexibility index (Phi) is 6.82. The van der Waals surface area contributed by atoms with Gasteiger partial charge in [0.2, 0.25) is 0 Å². The first-order chi connectivity index (χ1) is 16.4. The van der Waals surface area contributed by atoms with Gasteiger partial charge in [0.25, 0.3) is 11.8 Å². The maximum atomic E-state index is 13.6. The predicted molar refractivity (Wildman–Crippen MR) is 137 cm³/mol. The van der Waals surface area contributed by atoms with Crippen LogP contribution in [0, 0.1) is 0 Å². The average Bonchev–Trinajstić information content (AvgIpc) is 3.09. The van der Waals surface area contributed by atoms with Crippen molar-refractivity contribution in [3.8, 4) is 5.75 Å². The molecule has 0 aromatic heterocycles. The third-order valence-corrected chi connectivity index (χ3v) is 5.83. The Morgan fingerprint density at radius 2 is 1.32 bits per heavy atom. The molecule has 5 nitrogen and oxygen atoms in total. The molecule has 0 unspecified atom stereocenters. The number of aryl methyl sites for hydroxylation is 2. The van der Waals surface area contributed by atoms with Gasteiger partial charge in [-0.15, -0.1) is 0 Å². The van der Waals surface area contributed by atoms with Crippen molar-refractivity contribution in [2.45, 2.75) is 46.6 Å². The Morgan fingerprint density at radius 3 is 1.85 bits per heavy atom. The van der Waals surface area contributed by atoms with Crippen LogP contribution in [0.25, 0.3) is 5.57 Å². The molecule has 3 aromatic carbocycles. The third-order valence-electron chi connectivity index (χ3n) is 5.83. The van der Waals surface area contributed by atoms with E-state index in [1.54, 1.807) is 0 Å². The maximum absolute atomic E-state index is 13.6. The Hall–Kier alpha value is -3.86. The zero-order chi connectivity index (χ0) is 24.2. The van der Waals surface area contributed by atoms with Gasteiger partial charge in [-0.1, -0.05) is 50.2 Å².